The van der Waals surface area contributed by atoms with Crippen LogP contribution in [0, 0.1) is 0 Å². The molecule has 2 aromatic rings. The number of hydrogen-bond acceptors (Lipinski definition) is 11. The largest absolute Gasteiger partial charge is 0.488 e. The van der Waals surface area contributed by atoms with Crippen molar-refractivity contribution >= 4 is 35.5 Å². The Morgan fingerprint density at radius 2 is 1.49 bits per heavy atom. The standard InChI is InChI=1S/C31H35ClO11/c1-17(33)38-16-27-29(39-18(2)34)31(41-20(4)36)30(40-19(3)35)28(43-27)22-7-10-26(32)23(14-22)13-21-5-8-24(9-6-21)42-25-11-12-37-15-25/h5-10,14,25,27-31H,11-13,15-16H2,1-4H3/t25-,27-,28+,29+,30+,31+/m1/s1. The van der Waals surface area contributed by atoms with Crippen LogP contribution in [-0.2, 0) is 54.0 Å². The summed E-state index contributed by atoms with van der Waals surface area (Å²) in [5, 5.41) is 0.498. The van der Waals surface area contributed by atoms with Crippen LogP contribution in [0.2, 0.25) is 5.02 Å². The lowest BCUT2D eigenvalue weighted by molar-refractivity contribution is -0.254. The van der Waals surface area contributed by atoms with Crippen LogP contribution in [0.5, 0.6) is 5.75 Å². The van der Waals surface area contributed by atoms with E-state index < -0.39 is 54.4 Å². The van der Waals surface area contributed by atoms with Crippen molar-refractivity contribution in [3.8, 4) is 5.75 Å². The van der Waals surface area contributed by atoms with Gasteiger partial charge in [0.15, 0.2) is 18.3 Å². The molecule has 2 aromatic carbocycles. The van der Waals surface area contributed by atoms with E-state index >= 15 is 0 Å². The van der Waals surface area contributed by atoms with Crippen molar-refractivity contribution in [3.05, 3.63) is 64.2 Å². The van der Waals surface area contributed by atoms with Crippen LogP contribution in [0.4, 0.5) is 0 Å². The van der Waals surface area contributed by atoms with Gasteiger partial charge in [0.25, 0.3) is 0 Å². The number of ether oxygens (including phenoxy) is 7. The molecule has 4 rings (SSSR count). The van der Waals surface area contributed by atoms with Gasteiger partial charge in [-0.2, -0.15) is 0 Å². The molecule has 2 heterocycles. The number of benzene rings is 2. The summed E-state index contributed by atoms with van der Waals surface area (Å²) >= 11 is 6.59. The average Bonchev–Trinajstić information content (AvgIpc) is 3.44. The maximum absolute atomic E-state index is 12.2. The van der Waals surface area contributed by atoms with Gasteiger partial charge in [0.1, 0.15) is 30.7 Å². The zero-order valence-electron chi connectivity index (χ0n) is 24.4. The molecule has 0 saturated carbocycles. The highest BCUT2D eigenvalue weighted by atomic mass is 35.5. The van der Waals surface area contributed by atoms with E-state index in [2.05, 4.69) is 0 Å². The molecule has 2 saturated heterocycles. The summed E-state index contributed by atoms with van der Waals surface area (Å²) in [6.45, 7) is 5.73. The second-order valence-corrected chi connectivity index (χ2v) is 10.8. The Bertz CT molecular complexity index is 1310. The number of esters is 4. The third-order valence-corrected chi connectivity index (χ3v) is 7.27. The van der Waals surface area contributed by atoms with Crippen LogP contribution in [0.3, 0.4) is 0 Å². The molecular weight excluding hydrogens is 584 g/mol. The van der Waals surface area contributed by atoms with Gasteiger partial charge in [0.05, 0.1) is 13.2 Å². The van der Waals surface area contributed by atoms with Crippen LogP contribution in [0.1, 0.15) is 56.9 Å². The molecule has 0 bridgehead atoms. The molecular formula is C31H35ClO11. The molecule has 11 nitrogen and oxygen atoms in total. The van der Waals surface area contributed by atoms with Gasteiger partial charge in [-0.1, -0.05) is 35.9 Å². The fraction of sp³-hybridized carbons (Fsp3) is 0.484. The van der Waals surface area contributed by atoms with E-state index in [1.165, 1.54) is 27.7 Å². The number of carbonyl (C=O) groups excluding carboxylic acids is 4. The van der Waals surface area contributed by atoms with E-state index in [1.807, 2.05) is 30.3 Å². The molecule has 0 aliphatic carbocycles. The Labute approximate surface area is 254 Å². The quantitative estimate of drug-likeness (QED) is 0.284. The maximum atomic E-state index is 12.2. The molecule has 0 unspecified atom stereocenters. The summed E-state index contributed by atoms with van der Waals surface area (Å²) in [7, 11) is 0. The fourth-order valence-electron chi connectivity index (χ4n) is 5.11. The van der Waals surface area contributed by atoms with Crippen molar-refractivity contribution in [1.29, 1.82) is 0 Å². The molecule has 12 heteroatoms. The maximum Gasteiger partial charge on any atom is 0.303 e. The minimum absolute atomic E-state index is 0.0403. The molecule has 6 atom stereocenters. The van der Waals surface area contributed by atoms with Crippen molar-refractivity contribution in [3.63, 3.8) is 0 Å². The number of carbonyl (C=O) groups is 4. The van der Waals surface area contributed by atoms with Crippen molar-refractivity contribution in [2.75, 3.05) is 19.8 Å². The smallest absolute Gasteiger partial charge is 0.303 e. The molecule has 0 amide bonds. The predicted octanol–water partition coefficient (Wildman–Crippen LogP) is 3.90. The Hall–Kier alpha value is -3.67. The van der Waals surface area contributed by atoms with E-state index in [4.69, 9.17) is 44.8 Å². The third kappa shape index (κ3) is 8.92. The van der Waals surface area contributed by atoms with E-state index in [0.717, 1.165) is 23.3 Å². The van der Waals surface area contributed by atoms with Gasteiger partial charge < -0.3 is 33.2 Å². The summed E-state index contributed by atoms with van der Waals surface area (Å²) in [5.74, 6) is -1.90. The molecule has 232 valence electrons. The van der Waals surface area contributed by atoms with E-state index in [0.29, 0.717) is 30.2 Å². The minimum atomic E-state index is -1.26. The normalized spacial score (nSPS) is 25.0. The summed E-state index contributed by atoms with van der Waals surface area (Å²) in [5.41, 5.74) is 2.28. The first kappa shape index (κ1) is 32.2. The van der Waals surface area contributed by atoms with Crippen LogP contribution in [0.25, 0.3) is 0 Å². The molecule has 0 N–H and O–H groups in total. The first-order valence-electron chi connectivity index (χ1n) is 13.9. The highest BCUT2D eigenvalue weighted by Gasteiger charge is 2.52. The van der Waals surface area contributed by atoms with E-state index in [9.17, 15) is 19.2 Å². The first-order valence-corrected chi connectivity index (χ1v) is 14.3. The monoisotopic (exact) mass is 618 g/mol. The lowest BCUT2D eigenvalue weighted by Gasteiger charge is -2.44. The Morgan fingerprint density at radius 1 is 0.837 bits per heavy atom. The summed E-state index contributed by atoms with van der Waals surface area (Å²) < 4.78 is 39.4. The highest BCUT2D eigenvalue weighted by Crippen LogP contribution is 2.39. The lowest BCUT2D eigenvalue weighted by atomic mass is 9.89. The van der Waals surface area contributed by atoms with Crippen molar-refractivity contribution < 1.29 is 52.3 Å². The fourth-order valence-corrected chi connectivity index (χ4v) is 5.29. The molecule has 0 radical (unpaired) electrons. The third-order valence-electron chi connectivity index (χ3n) is 6.90. The number of rotatable bonds is 10. The lowest BCUT2D eigenvalue weighted by Crippen LogP contribution is -2.59. The van der Waals surface area contributed by atoms with Crippen molar-refractivity contribution in [1.82, 2.24) is 0 Å². The minimum Gasteiger partial charge on any atom is -0.488 e. The Balaban J connectivity index is 1.65. The van der Waals surface area contributed by atoms with Gasteiger partial charge in [-0.25, -0.2) is 0 Å². The second-order valence-electron chi connectivity index (χ2n) is 10.4. The molecule has 2 aliphatic heterocycles. The van der Waals surface area contributed by atoms with Crippen LogP contribution >= 0.6 is 11.6 Å². The molecule has 0 aromatic heterocycles. The molecule has 2 aliphatic rings. The Kier molecular flexibility index (Phi) is 11.0. The number of hydrogen-bond donors (Lipinski definition) is 0. The molecule has 2 fully saturated rings. The van der Waals surface area contributed by atoms with Gasteiger partial charge in [-0.15, -0.1) is 0 Å². The zero-order chi connectivity index (χ0) is 31.1. The van der Waals surface area contributed by atoms with Crippen LogP contribution in [0.15, 0.2) is 42.5 Å². The van der Waals surface area contributed by atoms with Crippen molar-refractivity contribution in [2.24, 2.45) is 0 Å². The van der Waals surface area contributed by atoms with Gasteiger partial charge in [0.2, 0.25) is 0 Å². The van der Waals surface area contributed by atoms with Crippen LogP contribution < -0.4 is 4.74 Å². The summed E-state index contributed by atoms with van der Waals surface area (Å²) in [6, 6.07) is 12.9. The second kappa shape index (κ2) is 14.7. The average molecular weight is 619 g/mol. The van der Waals surface area contributed by atoms with Crippen molar-refractivity contribution in [2.45, 2.75) is 77.2 Å². The van der Waals surface area contributed by atoms with Crippen LogP contribution in [-0.4, -0.2) is 74.2 Å². The first-order chi connectivity index (χ1) is 20.5. The summed E-state index contributed by atoms with van der Waals surface area (Å²) in [4.78, 5) is 48.0. The Morgan fingerprint density at radius 3 is 2.09 bits per heavy atom. The van der Waals surface area contributed by atoms with Gasteiger partial charge in [-0.05, 0) is 41.3 Å². The van der Waals surface area contributed by atoms with Gasteiger partial charge in [-0.3, -0.25) is 19.2 Å². The highest BCUT2D eigenvalue weighted by molar-refractivity contribution is 6.31. The van der Waals surface area contributed by atoms with E-state index in [1.54, 1.807) is 12.1 Å². The number of halogens is 1. The molecule has 0 spiro atoms. The topological polar surface area (TPSA) is 133 Å². The predicted molar refractivity (Wildman–Crippen MR) is 151 cm³/mol. The van der Waals surface area contributed by atoms with E-state index in [-0.39, 0.29) is 12.7 Å². The van der Waals surface area contributed by atoms with Gasteiger partial charge >= 0.3 is 23.9 Å². The van der Waals surface area contributed by atoms with Gasteiger partial charge in [0, 0.05) is 39.1 Å². The summed E-state index contributed by atoms with van der Waals surface area (Å²) in [6.07, 6.45) is -4.39. The SMILES string of the molecule is CC(=O)OC[C@H]1O[C@@H](c2ccc(Cl)c(Cc3ccc(O[C@@H]4CCOC4)cc3)c2)[C@H](OC(C)=O)[C@@H](OC(C)=O)[C@H]1OC(C)=O. The molecule has 43 heavy (non-hydrogen) atoms. The zero-order valence-corrected chi connectivity index (χ0v) is 25.2.